The molecule has 0 bridgehead atoms. The number of hydrogen-bond donors (Lipinski definition) is 2. The van der Waals surface area contributed by atoms with Gasteiger partial charge in [-0.25, -0.2) is 4.99 Å². The van der Waals surface area contributed by atoms with Crippen molar-refractivity contribution in [2.24, 2.45) is 12.0 Å². The Morgan fingerprint density at radius 2 is 1.91 bits per heavy atom. The highest BCUT2D eigenvalue weighted by molar-refractivity contribution is 14.0. The maximum Gasteiger partial charge on any atom is 0.435 e. The van der Waals surface area contributed by atoms with Gasteiger partial charge in [-0.3, -0.25) is 4.68 Å². The van der Waals surface area contributed by atoms with E-state index in [9.17, 15) is 22.0 Å². The highest BCUT2D eigenvalue weighted by Crippen LogP contribution is 2.38. The molecule has 0 fully saturated rings. The van der Waals surface area contributed by atoms with Crippen LogP contribution in [0.25, 0.3) is 0 Å². The van der Waals surface area contributed by atoms with Crippen LogP contribution in [0, 0.1) is 0 Å². The van der Waals surface area contributed by atoms with E-state index in [4.69, 9.17) is 9.47 Å². The summed E-state index contributed by atoms with van der Waals surface area (Å²) in [6.45, 7) is -1.20. The van der Waals surface area contributed by atoms with Gasteiger partial charge in [0.1, 0.15) is 5.75 Å². The van der Waals surface area contributed by atoms with E-state index in [1.165, 1.54) is 25.4 Å². The lowest BCUT2D eigenvalue weighted by molar-refractivity contribution is -0.142. The Kier molecular flexibility index (Phi) is 8.74. The van der Waals surface area contributed by atoms with Crippen molar-refractivity contribution in [1.29, 1.82) is 0 Å². The van der Waals surface area contributed by atoms with E-state index in [2.05, 4.69) is 25.5 Å². The summed E-state index contributed by atoms with van der Waals surface area (Å²) in [5.41, 5.74) is -0.789. The lowest BCUT2D eigenvalue weighted by atomic mass is 10.1. The summed E-state index contributed by atoms with van der Waals surface area (Å²) in [6.07, 6.45) is -3.37. The summed E-state index contributed by atoms with van der Waals surface area (Å²) in [6, 6.07) is 2.78. The summed E-state index contributed by atoms with van der Waals surface area (Å²) in [7, 11) is 1.39. The van der Waals surface area contributed by atoms with Gasteiger partial charge in [0.05, 0.1) is 6.54 Å². The Morgan fingerprint density at radius 3 is 2.53 bits per heavy atom. The standard InChI is InChI=1S/C18H20F5N5O3.HI/c1-3-24-17(26-7-11-8-28(2)27-15(11)18(21,22)23)25-6-10-4-13-14(30-9-29-13)5-12(10)31-16(19)20;/h4-5,8,16H,3,6-7,9H2,1-2H3,(H2,24,25,26);1H. The van der Waals surface area contributed by atoms with Crippen LogP contribution in [0.15, 0.2) is 23.3 Å². The van der Waals surface area contributed by atoms with Gasteiger partial charge in [-0.1, -0.05) is 0 Å². The monoisotopic (exact) mass is 577 g/mol. The minimum Gasteiger partial charge on any atom is -0.454 e. The molecule has 0 saturated carbocycles. The molecular weight excluding hydrogens is 556 g/mol. The van der Waals surface area contributed by atoms with E-state index in [1.807, 2.05) is 0 Å². The number of nitrogens with one attached hydrogen (secondary N) is 2. The van der Waals surface area contributed by atoms with Crippen LogP contribution in [-0.2, 0) is 26.3 Å². The maximum atomic E-state index is 13.1. The zero-order valence-corrected chi connectivity index (χ0v) is 19.3. The third kappa shape index (κ3) is 6.49. The van der Waals surface area contributed by atoms with Crippen LogP contribution >= 0.6 is 24.0 Å². The van der Waals surface area contributed by atoms with Crippen LogP contribution in [0.2, 0.25) is 0 Å². The summed E-state index contributed by atoms with van der Waals surface area (Å²) in [5.74, 6) is 0.705. The van der Waals surface area contributed by atoms with Crippen LogP contribution in [0.3, 0.4) is 0 Å². The van der Waals surface area contributed by atoms with Gasteiger partial charge in [0.15, 0.2) is 23.2 Å². The Morgan fingerprint density at radius 1 is 1.22 bits per heavy atom. The number of rotatable bonds is 7. The van der Waals surface area contributed by atoms with E-state index in [0.717, 1.165) is 4.68 Å². The van der Waals surface area contributed by atoms with E-state index < -0.39 is 18.5 Å². The zero-order chi connectivity index (χ0) is 22.6. The Hall–Kier alpha value is -2.52. The van der Waals surface area contributed by atoms with E-state index >= 15 is 0 Å². The Balaban J connectivity index is 0.00000363. The first kappa shape index (κ1) is 25.7. The van der Waals surface area contributed by atoms with E-state index in [0.29, 0.717) is 17.9 Å². The molecular formula is C18H21F5IN5O3. The first-order valence-corrected chi connectivity index (χ1v) is 9.16. The van der Waals surface area contributed by atoms with Crippen LogP contribution in [-0.4, -0.2) is 35.7 Å². The fraction of sp³-hybridized carbons (Fsp3) is 0.444. The highest BCUT2D eigenvalue weighted by atomic mass is 127. The van der Waals surface area contributed by atoms with Crippen molar-refractivity contribution in [2.75, 3.05) is 13.3 Å². The third-order valence-electron chi connectivity index (χ3n) is 4.14. The normalized spacial score (nSPS) is 13.2. The van der Waals surface area contributed by atoms with Gasteiger partial charge in [-0.2, -0.15) is 27.1 Å². The van der Waals surface area contributed by atoms with E-state index in [-0.39, 0.29) is 66.9 Å². The summed E-state index contributed by atoms with van der Waals surface area (Å²) >= 11 is 0. The number of ether oxygens (including phenoxy) is 3. The van der Waals surface area contributed by atoms with Crippen molar-refractivity contribution < 1.29 is 36.2 Å². The molecule has 1 aromatic carbocycles. The van der Waals surface area contributed by atoms with Gasteiger partial charge in [-0.15, -0.1) is 24.0 Å². The summed E-state index contributed by atoms with van der Waals surface area (Å²) in [5, 5.41) is 9.21. The SMILES string of the molecule is CCNC(=NCc1cn(C)nc1C(F)(F)F)NCc1cc2c(cc1OC(F)F)OCO2.I. The molecule has 0 spiro atoms. The lowest BCUT2D eigenvalue weighted by Crippen LogP contribution is -2.37. The topological polar surface area (TPSA) is 81.9 Å². The van der Waals surface area contributed by atoms with Crippen molar-refractivity contribution in [2.45, 2.75) is 32.8 Å². The number of hydrogen-bond acceptors (Lipinski definition) is 5. The molecule has 1 aliphatic rings. The second-order valence-electron chi connectivity index (χ2n) is 6.41. The van der Waals surface area contributed by atoms with Crippen molar-refractivity contribution in [3.05, 3.63) is 35.2 Å². The predicted octanol–water partition coefficient (Wildman–Crippen LogP) is 3.64. The number of fused-ring (bicyclic) bond motifs is 1. The Bertz CT molecular complexity index is 952. The number of alkyl halides is 5. The minimum atomic E-state index is -4.61. The fourth-order valence-corrected chi connectivity index (χ4v) is 2.89. The third-order valence-corrected chi connectivity index (χ3v) is 4.14. The van der Waals surface area contributed by atoms with Crippen molar-refractivity contribution in [1.82, 2.24) is 20.4 Å². The average molecular weight is 577 g/mol. The number of nitrogens with zero attached hydrogens (tertiary/aromatic N) is 3. The molecule has 3 rings (SSSR count). The van der Waals surface area contributed by atoms with Gasteiger partial charge in [0.2, 0.25) is 6.79 Å². The number of halogens is 6. The zero-order valence-electron chi connectivity index (χ0n) is 17.0. The molecule has 0 radical (unpaired) electrons. The molecule has 1 aliphatic heterocycles. The first-order valence-electron chi connectivity index (χ1n) is 9.16. The molecule has 0 atom stereocenters. The fourth-order valence-electron chi connectivity index (χ4n) is 2.89. The quantitative estimate of drug-likeness (QED) is 0.227. The first-order chi connectivity index (χ1) is 14.7. The molecule has 14 heteroatoms. The van der Waals surface area contributed by atoms with Crippen molar-refractivity contribution >= 4 is 29.9 Å². The summed E-state index contributed by atoms with van der Waals surface area (Å²) < 4.78 is 80.9. The second-order valence-corrected chi connectivity index (χ2v) is 6.41. The molecule has 0 aliphatic carbocycles. The number of aryl methyl sites for hydroxylation is 1. The summed E-state index contributed by atoms with van der Waals surface area (Å²) in [4.78, 5) is 4.15. The Labute approximate surface area is 197 Å². The average Bonchev–Trinajstić information content (AvgIpc) is 3.28. The van der Waals surface area contributed by atoms with Crippen molar-refractivity contribution in [3.63, 3.8) is 0 Å². The highest BCUT2D eigenvalue weighted by Gasteiger charge is 2.36. The molecule has 0 unspecified atom stereocenters. The van der Waals surface area contributed by atoms with E-state index in [1.54, 1.807) is 6.92 Å². The van der Waals surface area contributed by atoms with Crippen molar-refractivity contribution in [3.8, 4) is 17.2 Å². The number of aromatic nitrogens is 2. The maximum absolute atomic E-state index is 13.1. The number of benzene rings is 1. The van der Waals surface area contributed by atoms with Gasteiger partial charge in [0.25, 0.3) is 0 Å². The molecule has 2 N–H and O–H groups in total. The van der Waals surface area contributed by atoms with Crippen LogP contribution in [0.1, 0.15) is 23.7 Å². The molecule has 2 aromatic rings. The molecule has 0 saturated heterocycles. The minimum absolute atomic E-state index is 0. The van der Waals surface area contributed by atoms with Gasteiger partial charge in [-0.05, 0) is 13.0 Å². The number of guanidine groups is 1. The van der Waals surface area contributed by atoms with Crippen LogP contribution < -0.4 is 24.8 Å². The molecule has 32 heavy (non-hydrogen) atoms. The van der Waals surface area contributed by atoms with Gasteiger partial charge < -0.3 is 24.8 Å². The largest absolute Gasteiger partial charge is 0.454 e. The number of aliphatic imine (C=N–C) groups is 1. The second kappa shape index (κ2) is 10.9. The molecule has 2 heterocycles. The molecule has 8 nitrogen and oxygen atoms in total. The predicted molar refractivity (Wildman–Crippen MR) is 114 cm³/mol. The lowest BCUT2D eigenvalue weighted by Gasteiger charge is -2.15. The van der Waals surface area contributed by atoms with Gasteiger partial charge >= 0.3 is 12.8 Å². The molecule has 0 amide bonds. The van der Waals surface area contributed by atoms with Gasteiger partial charge in [0, 0.05) is 43.5 Å². The van der Waals surface area contributed by atoms with Crippen LogP contribution in [0.5, 0.6) is 17.2 Å². The van der Waals surface area contributed by atoms with Crippen LogP contribution in [0.4, 0.5) is 22.0 Å². The molecule has 1 aromatic heterocycles. The molecule has 178 valence electrons. The smallest absolute Gasteiger partial charge is 0.435 e.